The van der Waals surface area contributed by atoms with E-state index in [9.17, 15) is 4.79 Å². The topological polar surface area (TPSA) is 45.2 Å². The Labute approximate surface area is 131 Å². The zero-order valence-electron chi connectivity index (χ0n) is 12.9. The van der Waals surface area contributed by atoms with Crippen molar-refractivity contribution in [1.82, 2.24) is 9.88 Å². The second kappa shape index (κ2) is 7.64. The Morgan fingerprint density at radius 2 is 2.29 bits per heavy atom. The normalized spacial score (nSPS) is 18.6. The number of nitrogens with one attached hydrogen (secondary N) is 1. The molecule has 1 aromatic rings. The Hall–Kier alpha value is -1.29. The standard InChI is InChI=1S/C16H24ClN3O/c1-3-8-18-15-10-13(14(17)11-19-15)16(21)20-9-6-5-7-12(20)4-2/h10-12H,3-9H2,1-2H3,(H,18,19). The molecule has 1 aliphatic rings. The van der Waals surface area contributed by atoms with Crippen LogP contribution in [0.4, 0.5) is 5.82 Å². The van der Waals surface area contributed by atoms with Crippen LogP contribution in [0.5, 0.6) is 0 Å². The average Bonchev–Trinajstić information content (AvgIpc) is 2.53. The molecule has 1 unspecified atom stereocenters. The third-order valence-corrected chi connectivity index (χ3v) is 4.30. The van der Waals surface area contributed by atoms with Crippen LogP contribution in [-0.4, -0.2) is 34.9 Å². The summed E-state index contributed by atoms with van der Waals surface area (Å²) in [5.74, 6) is 0.753. The maximum atomic E-state index is 12.8. The molecule has 0 saturated carbocycles. The first-order valence-corrected chi connectivity index (χ1v) is 8.25. The highest BCUT2D eigenvalue weighted by Crippen LogP contribution is 2.25. The summed E-state index contributed by atoms with van der Waals surface area (Å²) in [6.45, 7) is 5.89. The van der Waals surface area contributed by atoms with Crippen molar-refractivity contribution >= 4 is 23.3 Å². The predicted molar refractivity (Wildman–Crippen MR) is 87.0 cm³/mol. The van der Waals surface area contributed by atoms with Crippen molar-refractivity contribution in [3.63, 3.8) is 0 Å². The second-order valence-corrected chi connectivity index (χ2v) is 5.94. The van der Waals surface area contributed by atoms with Gasteiger partial charge in [0.05, 0.1) is 10.6 Å². The molecule has 0 bridgehead atoms. The molecule has 0 aliphatic carbocycles. The summed E-state index contributed by atoms with van der Waals surface area (Å²) in [6, 6.07) is 2.12. The highest BCUT2D eigenvalue weighted by atomic mass is 35.5. The first kappa shape index (κ1) is 16.1. The Kier molecular flexibility index (Phi) is 5.85. The van der Waals surface area contributed by atoms with Gasteiger partial charge in [-0.1, -0.05) is 25.4 Å². The smallest absolute Gasteiger partial charge is 0.255 e. The highest BCUT2D eigenvalue weighted by Gasteiger charge is 2.27. The van der Waals surface area contributed by atoms with Gasteiger partial charge in [0.1, 0.15) is 5.82 Å². The molecule has 1 fully saturated rings. The lowest BCUT2D eigenvalue weighted by atomic mass is 9.99. The molecular formula is C16H24ClN3O. The van der Waals surface area contributed by atoms with Crippen LogP contribution in [0, 0.1) is 0 Å². The summed E-state index contributed by atoms with van der Waals surface area (Å²) in [6.07, 6.45) is 6.94. The van der Waals surface area contributed by atoms with Gasteiger partial charge in [0, 0.05) is 25.3 Å². The minimum atomic E-state index is 0.0356. The van der Waals surface area contributed by atoms with E-state index in [4.69, 9.17) is 11.6 Å². The molecule has 4 nitrogen and oxygen atoms in total. The van der Waals surface area contributed by atoms with Crippen molar-refractivity contribution in [1.29, 1.82) is 0 Å². The third-order valence-electron chi connectivity index (χ3n) is 4.00. The lowest BCUT2D eigenvalue weighted by Gasteiger charge is -2.35. The number of rotatable bonds is 5. The molecule has 1 amide bonds. The van der Waals surface area contributed by atoms with Gasteiger partial charge >= 0.3 is 0 Å². The van der Waals surface area contributed by atoms with E-state index in [1.807, 2.05) is 4.90 Å². The molecule has 1 saturated heterocycles. The van der Waals surface area contributed by atoms with Gasteiger partial charge in [-0.2, -0.15) is 0 Å². The van der Waals surface area contributed by atoms with Gasteiger partial charge in [-0.3, -0.25) is 4.79 Å². The Balaban J connectivity index is 2.20. The van der Waals surface area contributed by atoms with Crippen LogP contribution >= 0.6 is 11.6 Å². The van der Waals surface area contributed by atoms with Crippen LogP contribution in [0.3, 0.4) is 0 Å². The maximum Gasteiger partial charge on any atom is 0.255 e. The molecule has 116 valence electrons. The second-order valence-electron chi connectivity index (χ2n) is 5.53. The SMILES string of the molecule is CCCNc1cc(C(=O)N2CCCCC2CC)c(Cl)cn1. The summed E-state index contributed by atoms with van der Waals surface area (Å²) >= 11 is 6.20. The van der Waals surface area contributed by atoms with Crippen LogP contribution < -0.4 is 5.32 Å². The van der Waals surface area contributed by atoms with Crippen LogP contribution in [0.15, 0.2) is 12.3 Å². The number of aromatic nitrogens is 1. The molecule has 0 spiro atoms. The number of pyridine rings is 1. The van der Waals surface area contributed by atoms with Crippen LogP contribution in [-0.2, 0) is 0 Å². The van der Waals surface area contributed by atoms with Gasteiger partial charge in [-0.15, -0.1) is 0 Å². The number of anilines is 1. The number of hydrogen-bond donors (Lipinski definition) is 1. The molecule has 2 rings (SSSR count). The van der Waals surface area contributed by atoms with E-state index in [1.165, 1.54) is 6.42 Å². The summed E-state index contributed by atoms with van der Waals surface area (Å²) in [5, 5.41) is 3.64. The molecule has 2 heterocycles. The summed E-state index contributed by atoms with van der Waals surface area (Å²) in [7, 11) is 0. The van der Waals surface area contributed by atoms with Gasteiger partial charge in [-0.05, 0) is 38.2 Å². The minimum Gasteiger partial charge on any atom is -0.370 e. The number of likely N-dealkylation sites (tertiary alicyclic amines) is 1. The quantitative estimate of drug-likeness (QED) is 0.895. The Morgan fingerprint density at radius 3 is 3.00 bits per heavy atom. The van der Waals surface area contributed by atoms with Crippen LogP contribution in [0.2, 0.25) is 5.02 Å². The first-order chi connectivity index (χ1) is 10.2. The number of piperidine rings is 1. The molecule has 0 radical (unpaired) electrons. The van der Waals surface area contributed by atoms with Gasteiger partial charge in [0.2, 0.25) is 0 Å². The minimum absolute atomic E-state index is 0.0356. The van der Waals surface area contributed by atoms with Crippen LogP contribution in [0.25, 0.3) is 0 Å². The number of amides is 1. The predicted octanol–water partition coefficient (Wildman–Crippen LogP) is 3.96. The van der Waals surface area contributed by atoms with Crippen molar-refractivity contribution in [2.45, 2.75) is 52.0 Å². The summed E-state index contributed by atoms with van der Waals surface area (Å²) in [4.78, 5) is 19.0. The molecule has 1 atom stereocenters. The Bertz CT molecular complexity index is 492. The lowest BCUT2D eigenvalue weighted by Crippen LogP contribution is -2.43. The third kappa shape index (κ3) is 3.88. The maximum absolute atomic E-state index is 12.8. The first-order valence-electron chi connectivity index (χ1n) is 7.87. The number of nitrogens with zero attached hydrogens (tertiary/aromatic N) is 2. The molecule has 1 aromatic heterocycles. The van der Waals surface area contributed by atoms with Crippen molar-refractivity contribution in [2.24, 2.45) is 0 Å². The van der Waals surface area contributed by atoms with Crippen molar-refractivity contribution in [2.75, 3.05) is 18.4 Å². The van der Waals surface area contributed by atoms with E-state index in [0.29, 0.717) is 16.6 Å². The van der Waals surface area contributed by atoms with Crippen LogP contribution in [0.1, 0.15) is 56.3 Å². The number of carbonyl (C=O) groups excluding carboxylic acids is 1. The number of halogens is 1. The van der Waals surface area contributed by atoms with Crippen molar-refractivity contribution in [3.05, 3.63) is 22.8 Å². The van der Waals surface area contributed by atoms with E-state index in [2.05, 4.69) is 24.1 Å². The molecule has 1 aliphatic heterocycles. The van der Waals surface area contributed by atoms with E-state index in [-0.39, 0.29) is 5.91 Å². The van der Waals surface area contributed by atoms with E-state index < -0.39 is 0 Å². The number of hydrogen-bond acceptors (Lipinski definition) is 3. The largest absolute Gasteiger partial charge is 0.370 e. The fourth-order valence-electron chi connectivity index (χ4n) is 2.80. The summed E-state index contributed by atoms with van der Waals surface area (Å²) in [5.41, 5.74) is 0.561. The molecule has 21 heavy (non-hydrogen) atoms. The molecular weight excluding hydrogens is 286 g/mol. The van der Waals surface area contributed by atoms with E-state index >= 15 is 0 Å². The fraction of sp³-hybridized carbons (Fsp3) is 0.625. The molecule has 5 heteroatoms. The summed E-state index contributed by atoms with van der Waals surface area (Å²) < 4.78 is 0. The van der Waals surface area contributed by atoms with Crippen molar-refractivity contribution in [3.8, 4) is 0 Å². The van der Waals surface area contributed by atoms with Gasteiger partial charge in [-0.25, -0.2) is 4.98 Å². The highest BCUT2D eigenvalue weighted by molar-refractivity contribution is 6.33. The zero-order chi connectivity index (χ0) is 15.2. The monoisotopic (exact) mass is 309 g/mol. The average molecular weight is 310 g/mol. The Morgan fingerprint density at radius 1 is 1.48 bits per heavy atom. The van der Waals surface area contributed by atoms with E-state index in [0.717, 1.165) is 44.6 Å². The van der Waals surface area contributed by atoms with Gasteiger partial charge in [0.15, 0.2) is 0 Å². The van der Waals surface area contributed by atoms with Gasteiger partial charge < -0.3 is 10.2 Å². The lowest BCUT2D eigenvalue weighted by molar-refractivity contribution is 0.0608. The molecule has 1 N–H and O–H groups in total. The van der Waals surface area contributed by atoms with E-state index in [1.54, 1.807) is 12.3 Å². The van der Waals surface area contributed by atoms with Gasteiger partial charge in [0.25, 0.3) is 5.91 Å². The fourth-order valence-corrected chi connectivity index (χ4v) is 2.98. The zero-order valence-corrected chi connectivity index (χ0v) is 13.6. The number of carbonyl (C=O) groups is 1. The van der Waals surface area contributed by atoms with Crippen molar-refractivity contribution < 1.29 is 4.79 Å². The molecule has 0 aromatic carbocycles.